The van der Waals surface area contributed by atoms with Crippen LogP contribution in [0.2, 0.25) is 0 Å². The van der Waals surface area contributed by atoms with Crippen LogP contribution in [0.4, 0.5) is 0 Å². The molecule has 0 amide bonds. The highest BCUT2D eigenvalue weighted by molar-refractivity contribution is 7.49. The Hall–Kier alpha value is -1.77. The summed E-state index contributed by atoms with van der Waals surface area (Å²) in [6, 6.07) is 8.93. The number of hydrogen-bond acceptors (Lipinski definition) is 4. The molecule has 2 aromatic carbocycles. The Morgan fingerprint density at radius 1 is 0.700 bits per heavy atom. The number of phosphoric acid groups is 1. The summed E-state index contributed by atoms with van der Waals surface area (Å²) in [6.45, 7) is 30.7. The van der Waals surface area contributed by atoms with E-state index in [0.717, 1.165) is 41.5 Å². The van der Waals surface area contributed by atoms with E-state index in [2.05, 4.69) is 121 Å². The molecule has 0 radical (unpaired) electrons. The Balaban J connectivity index is 2.46. The molecule has 0 saturated heterocycles. The van der Waals surface area contributed by atoms with Crippen molar-refractivity contribution in [2.45, 2.75) is 150 Å². The molecule has 1 atom stereocenters. The van der Waals surface area contributed by atoms with Crippen molar-refractivity contribution in [3.05, 3.63) is 57.6 Å². The molecule has 224 valence electrons. The third-order valence-electron chi connectivity index (χ3n) is 7.81. The second-order valence-corrected chi connectivity index (χ2v) is 17.2. The van der Waals surface area contributed by atoms with Crippen molar-refractivity contribution in [2.75, 3.05) is 0 Å². The van der Waals surface area contributed by atoms with Gasteiger partial charge in [0, 0.05) is 17.5 Å². The minimum Gasteiger partial charge on any atom is -0.394 e. The predicted octanol–water partition coefficient (Wildman–Crippen LogP) is 10.9. The average molecular weight is 571 g/mol. The second kappa shape index (κ2) is 11.1. The van der Waals surface area contributed by atoms with Crippen LogP contribution in [0.3, 0.4) is 0 Å². The van der Waals surface area contributed by atoms with E-state index >= 15 is 0 Å². The molecule has 4 nitrogen and oxygen atoms in total. The Morgan fingerprint density at radius 3 is 1.40 bits per heavy atom. The molecule has 1 unspecified atom stereocenters. The van der Waals surface area contributed by atoms with Gasteiger partial charge in [-0.2, -0.15) is 0 Å². The highest BCUT2D eigenvalue weighted by Crippen LogP contribution is 2.58. The molecule has 0 aliphatic carbocycles. The van der Waals surface area contributed by atoms with E-state index in [1.807, 2.05) is 0 Å². The van der Waals surface area contributed by atoms with Gasteiger partial charge in [0.2, 0.25) is 0 Å². The molecular formula is C35H55O4P. The van der Waals surface area contributed by atoms with Gasteiger partial charge in [-0.15, -0.1) is 0 Å². The summed E-state index contributed by atoms with van der Waals surface area (Å²) in [5.41, 5.74) is 5.98. The highest BCUT2D eigenvalue weighted by Gasteiger charge is 2.41. The van der Waals surface area contributed by atoms with Gasteiger partial charge in [-0.3, -0.25) is 4.52 Å². The quantitative estimate of drug-likeness (QED) is 0.335. The largest absolute Gasteiger partial charge is 0.587 e. The molecule has 0 aromatic heterocycles. The molecule has 1 heterocycles. The summed E-state index contributed by atoms with van der Waals surface area (Å²) in [5, 5.41) is 0. The summed E-state index contributed by atoms with van der Waals surface area (Å²) in [5.74, 6) is 1.28. The van der Waals surface area contributed by atoms with Gasteiger partial charge in [0.1, 0.15) is 11.5 Å². The summed E-state index contributed by atoms with van der Waals surface area (Å²) in [4.78, 5) is 0. The van der Waals surface area contributed by atoms with Gasteiger partial charge in [0.25, 0.3) is 0 Å². The van der Waals surface area contributed by atoms with Crippen LogP contribution in [0.1, 0.15) is 150 Å². The minimum atomic E-state index is -4.06. The zero-order valence-electron chi connectivity index (χ0n) is 27.8. The van der Waals surface area contributed by atoms with Gasteiger partial charge in [-0.05, 0) is 56.8 Å². The van der Waals surface area contributed by atoms with E-state index in [1.165, 1.54) is 11.1 Å². The molecule has 1 aliphatic heterocycles. The number of rotatable bonds is 5. The van der Waals surface area contributed by atoms with Crippen molar-refractivity contribution in [3.63, 3.8) is 0 Å². The van der Waals surface area contributed by atoms with Crippen molar-refractivity contribution in [2.24, 2.45) is 0 Å². The maximum absolute atomic E-state index is 14.8. The van der Waals surface area contributed by atoms with E-state index in [4.69, 9.17) is 13.6 Å². The van der Waals surface area contributed by atoms with Crippen molar-refractivity contribution in [1.29, 1.82) is 0 Å². The lowest BCUT2D eigenvalue weighted by atomic mass is 9.76. The summed E-state index contributed by atoms with van der Waals surface area (Å²) in [6.07, 6.45) is 2.85. The Kier molecular flexibility index (Phi) is 9.12. The number of fused-ring (bicyclic) bond motifs is 2. The molecule has 1 aliphatic rings. The minimum absolute atomic E-state index is 0.0603. The van der Waals surface area contributed by atoms with Crippen LogP contribution in [0.5, 0.6) is 11.5 Å². The molecule has 0 N–H and O–H groups in total. The van der Waals surface area contributed by atoms with Gasteiger partial charge >= 0.3 is 7.82 Å². The van der Waals surface area contributed by atoms with Crippen LogP contribution in [-0.4, -0.2) is 6.10 Å². The first-order valence-electron chi connectivity index (χ1n) is 15.1. The van der Waals surface area contributed by atoms with Gasteiger partial charge in [-0.1, -0.05) is 128 Å². The lowest BCUT2D eigenvalue weighted by molar-refractivity contribution is 0.129. The van der Waals surface area contributed by atoms with Gasteiger partial charge in [0.05, 0.1) is 6.10 Å². The lowest BCUT2D eigenvalue weighted by Gasteiger charge is -2.35. The zero-order valence-corrected chi connectivity index (χ0v) is 28.7. The van der Waals surface area contributed by atoms with E-state index in [-0.39, 0.29) is 27.8 Å². The first-order valence-corrected chi connectivity index (χ1v) is 16.6. The fourth-order valence-corrected chi connectivity index (χ4v) is 6.78. The molecule has 5 heteroatoms. The molecule has 0 fully saturated rings. The molecule has 0 bridgehead atoms. The van der Waals surface area contributed by atoms with Crippen LogP contribution in [0.15, 0.2) is 24.3 Å². The number of benzene rings is 2. The van der Waals surface area contributed by atoms with Crippen molar-refractivity contribution >= 4 is 7.82 Å². The van der Waals surface area contributed by atoms with Crippen LogP contribution >= 0.6 is 7.82 Å². The Labute approximate surface area is 245 Å². The van der Waals surface area contributed by atoms with Crippen LogP contribution in [0.25, 0.3) is 0 Å². The lowest BCUT2D eigenvalue weighted by Crippen LogP contribution is -2.24. The topological polar surface area (TPSA) is 44.8 Å². The number of phosphoric ester groups is 1. The number of hydrogen-bond donors (Lipinski definition) is 0. The van der Waals surface area contributed by atoms with E-state index in [1.54, 1.807) is 0 Å². The smallest absolute Gasteiger partial charge is 0.394 e. The molecule has 2 aromatic rings. The zero-order chi connectivity index (χ0) is 30.5. The molecule has 40 heavy (non-hydrogen) atoms. The first-order chi connectivity index (χ1) is 18.1. The maximum Gasteiger partial charge on any atom is 0.587 e. The predicted molar refractivity (Wildman–Crippen MR) is 169 cm³/mol. The van der Waals surface area contributed by atoms with Crippen molar-refractivity contribution in [3.8, 4) is 11.5 Å². The fraction of sp³-hybridized carbons (Fsp3) is 0.657. The molecule has 0 spiro atoms. The Morgan fingerprint density at radius 2 is 1.10 bits per heavy atom. The van der Waals surface area contributed by atoms with Gasteiger partial charge < -0.3 is 9.05 Å². The highest BCUT2D eigenvalue weighted by atomic mass is 31.2. The standard InChI is InChI=1S/C35H55O4P/c1-15-17-27(16-2)37-40(36)38-30-23(19-25(32(3,4)5)21-28(30)34(9,10)11)18-24-20-26(33(6,7)8)22-29(31(24)39-40)35(12,13)14/h19-22,27H,15-18H2,1-14H3. The fourth-order valence-electron chi connectivity index (χ4n) is 5.16. The second-order valence-electron chi connectivity index (χ2n) is 15.8. The third kappa shape index (κ3) is 7.35. The van der Waals surface area contributed by atoms with Crippen LogP contribution in [0, 0.1) is 0 Å². The normalized spacial score (nSPS) is 16.6. The first kappa shape index (κ1) is 32.7. The van der Waals surface area contributed by atoms with E-state index in [0.29, 0.717) is 17.9 Å². The van der Waals surface area contributed by atoms with Crippen molar-refractivity contribution in [1.82, 2.24) is 0 Å². The monoisotopic (exact) mass is 570 g/mol. The van der Waals surface area contributed by atoms with Crippen LogP contribution < -0.4 is 9.05 Å². The van der Waals surface area contributed by atoms with Crippen molar-refractivity contribution < 1.29 is 18.1 Å². The van der Waals surface area contributed by atoms with Crippen LogP contribution in [-0.2, 0) is 37.2 Å². The van der Waals surface area contributed by atoms with Gasteiger partial charge in [0.15, 0.2) is 0 Å². The molecular weight excluding hydrogens is 515 g/mol. The third-order valence-corrected chi connectivity index (χ3v) is 9.18. The van der Waals surface area contributed by atoms with Gasteiger partial charge in [-0.25, -0.2) is 4.57 Å². The Bertz CT molecular complexity index is 1180. The molecule has 0 saturated carbocycles. The SMILES string of the molecule is CCCC(CC)OP1(=O)Oc2c(cc(C(C)(C)C)cc2C(C)(C)C)Cc2cc(C(C)(C)C)cc(C(C)(C)C)c2O1. The summed E-state index contributed by atoms with van der Waals surface area (Å²) >= 11 is 0. The molecule has 3 rings (SSSR count). The van der Waals surface area contributed by atoms with E-state index in [9.17, 15) is 4.57 Å². The van der Waals surface area contributed by atoms with E-state index < -0.39 is 7.82 Å². The maximum atomic E-state index is 14.8. The summed E-state index contributed by atoms with van der Waals surface area (Å²) < 4.78 is 34.3. The summed E-state index contributed by atoms with van der Waals surface area (Å²) in [7, 11) is -4.06. The average Bonchev–Trinajstić information content (AvgIpc) is 2.76.